The summed E-state index contributed by atoms with van der Waals surface area (Å²) < 4.78 is 6.59. The molecule has 2 aromatic rings. The lowest BCUT2D eigenvalue weighted by Gasteiger charge is -2.13. The highest BCUT2D eigenvalue weighted by Crippen LogP contribution is 2.19. The third kappa shape index (κ3) is 3.48. The lowest BCUT2D eigenvalue weighted by Crippen LogP contribution is -2.18. The molecule has 3 nitrogen and oxygen atoms in total. The van der Waals surface area contributed by atoms with Crippen LogP contribution in [0.2, 0.25) is 0 Å². The van der Waals surface area contributed by atoms with E-state index in [0.717, 1.165) is 10.0 Å². The van der Waals surface area contributed by atoms with Crippen molar-refractivity contribution >= 4 is 15.9 Å². The highest BCUT2D eigenvalue weighted by Gasteiger charge is 2.06. The Morgan fingerprint density at radius 1 is 1.06 bits per heavy atom. The normalized spacial score (nSPS) is 12.1. The van der Waals surface area contributed by atoms with Crippen LogP contribution in [0, 0.1) is 0 Å². The number of phenolic OH excluding ortho intramolecular Hbond substituents is 1. The standard InChI is InChI=1S/C14H14BrNO2/c15-11-3-1-10(2-4-11)14(16)9-18-13-7-5-12(17)6-8-13/h1-8,14,17H,9,16H2. The molecule has 4 heteroatoms. The van der Waals surface area contributed by atoms with Gasteiger partial charge >= 0.3 is 0 Å². The van der Waals surface area contributed by atoms with Crippen LogP contribution in [0.15, 0.2) is 53.0 Å². The molecule has 0 aromatic heterocycles. The molecule has 0 heterocycles. The van der Waals surface area contributed by atoms with Crippen LogP contribution in [-0.4, -0.2) is 11.7 Å². The molecule has 2 rings (SSSR count). The van der Waals surface area contributed by atoms with E-state index in [1.165, 1.54) is 0 Å². The van der Waals surface area contributed by atoms with Gasteiger partial charge in [-0.3, -0.25) is 0 Å². The molecule has 18 heavy (non-hydrogen) atoms. The highest BCUT2D eigenvalue weighted by molar-refractivity contribution is 9.10. The van der Waals surface area contributed by atoms with E-state index < -0.39 is 0 Å². The number of aromatic hydroxyl groups is 1. The van der Waals surface area contributed by atoms with Crippen LogP contribution in [0.25, 0.3) is 0 Å². The lowest BCUT2D eigenvalue weighted by atomic mass is 10.1. The van der Waals surface area contributed by atoms with Gasteiger partial charge in [-0.1, -0.05) is 28.1 Å². The first-order valence-electron chi connectivity index (χ1n) is 5.58. The Morgan fingerprint density at radius 3 is 2.28 bits per heavy atom. The number of halogens is 1. The van der Waals surface area contributed by atoms with Crippen molar-refractivity contribution in [3.8, 4) is 11.5 Å². The van der Waals surface area contributed by atoms with Crippen LogP contribution in [0.1, 0.15) is 11.6 Å². The van der Waals surface area contributed by atoms with E-state index in [-0.39, 0.29) is 11.8 Å². The second-order valence-electron chi connectivity index (χ2n) is 3.96. The Labute approximate surface area is 114 Å². The summed E-state index contributed by atoms with van der Waals surface area (Å²) in [4.78, 5) is 0. The average Bonchev–Trinajstić information content (AvgIpc) is 2.38. The number of hydrogen-bond donors (Lipinski definition) is 2. The Kier molecular flexibility index (Phi) is 4.23. The molecule has 2 aromatic carbocycles. The number of ether oxygens (including phenoxy) is 1. The van der Waals surface area contributed by atoms with Gasteiger partial charge in [-0.05, 0) is 42.0 Å². The largest absolute Gasteiger partial charge is 0.508 e. The number of rotatable bonds is 4. The van der Waals surface area contributed by atoms with Gasteiger partial charge in [-0.25, -0.2) is 0 Å². The van der Waals surface area contributed by atoms with Gasteiger partial charge in [0.1, 0.15) is 18.1 Å². The van der Waals surface area contributed by atoms with Gasteiger partial charge in [0.15, 0.2) is 0 Å². The van der Waals surface area contributed by atoms with Crippen LogP contribution < -0.4 is 10.5 Å². The summed E-state index contributed by atoms with van der Waals surface area (Å²) >= 11 is 3.38. The number of hydrogen-bond acceptors (Lipinski definition) is 3. The highest BCUT2D eigenvalue weighted by atomic mass is 79.9. The van der Waals surface area contributed by atoms with Crippen molar-refractivity contribution in [1.29, 1.82) is 0 Å². The zero-order chi connectivity index (χ0) is 13.0. The fourth-order valence-electron chi connectivity index (χ4n) is 1.53. The predicted octanol–water partition coefficient (Wildman–Crippen LogP) is 3.23. The third-order valence-corrected chi connectivity index (χ3v) is 3.09. The molecule has 0 saturated heterocycles. The maximum absolute atomic E-state index is 9.15. The second-order valence-corrected chi connectivity index (χ2v) is 4.88. The Bertz CT molecular complexity index is 496. The van der Waals surface area contributed by atoms with Crippen LogP contribution >= 0.6 is 15.9 Å². The molecule has 94 valence electrons. The van der Waals surface area contributed by atoms with E-state index >= 15 is 0 Å². The monoisotopic (exact) mass is 307 g/mol. The number of phenols is 1. The molecule has 0 aliphatic carbocycles. The molecule has 0 radical (unpaired) electrons. The molecule has 1 unspecified atom stereocenters. The van der Waals surface area contributed by atoms with Gasteiger partial charge in [0.25, 0.3) is 0 Å². The van der Waals surface area contributed by atoms with Crippen LogP contribution in [-0.2, 0) is 0 Å². The van der Waals surface area contributed by atoms with Crippen molar-refractivity contribution in [3.05, 3.63) is 58.6 Å². The van der Waals surface area contributed by atoms with E-state index in [4.69, 9.17) is 15.6 Å². The van der Waals surface area contributed by atoms with Crippen LogP contribution in [0.4, 0.5) is 0 Å². The van der Waals surface area contributed by atoms with Crippen molar-refractivity contribution in [2.24, 2.45) is 5.73 Å². The summed E-state index contributed by atoms with van der Waals surface area (Å²) in [5, 5.41) is 9.15. The van der Waals surface area contributed by atoms with Crippen LogP contribution in [0.5, 0.6) is 11.5 Å². The predicted molar refractivity (Wildman–Crippen MR) is 74.7 cm³/mol. The van der Waals surface area contributed by atoms with Gasteiger partial charge in [0.2, 0.25) is 0 Å². The van der Waals surface area contributed by atoms with Crippen molar-refractivity contribution in [2.45, 2.75) is 6.04 Å². The van der Waals surface area contributed by atoms with Gasteiger partial charge in [0, 0.05) is 4.47 Å². The van der Waals surface area contributed by atoms with Crippen LogP contribution in [0.3, 0.4) is 0 Å². The first kappa shape index (κ1) is 12.9. The molecule has 0 fully saturated rings. The van der Waals surface area contributed by atoms with E-state index in [1.807, 2.05) is 24.3 Å². The molecule has 0 aliphatic rings. The quantitative estimate of drug-likeness (QED) is 0.912. The summed E-state index contributed by atoms with van der Waals surface area (Å²) in [6.07, 6.45) is 0. The second kappa shape index (κ2) is 5.89. The molecule has 0 aliphatic heterocycles. The third-order valence-electron chi connectivity index (χ3n) is 2.56. The average molecular weight is 308 g/mol. The number of benzene rings is 2. The molecule has 0 spiro atoms. The van der Waals surface area contributed by atoms with Crippen molar-refractivity contribution in [2.75, 3.05) is 6.61 Å². The molecule has 0 bridgehead atoms. The molecule has 1 atom stereocenters. The minimum Gasteiger partial charge on any atom is -0.508 e. The van der Waals surface area contributed by atoms with Gasteiger partial charge in [-0.15, -0.1) is 0 Å². The fraction of sp³-hybridized carbons (Fsp3) is 0.143. The zero-order valence-electron chi connectivity index (χ0n) is 9.71. The topological polar surface area (TPSA) is 55.5 Å². The summed E-state index contributed by atoms with van der Waals surface area (Å²) in [6.45, 7) is 0.395. The lowest BCUT2D eigenvalue weighted by molar-refractivity contribution is 0.290. The van der Waals surface area contributed by atoms with Crippen molar-refractivity contribution in [1.82, 2.24) is 0 Å². The maximum Gasteiger partial charge on any atom is 0.119 e. The van der Waals surface area contributed by atoms with Crippen molar-refractivity contribution in [3.63, 3.8) is 0 Å². The molecule has 3 N–H and O–H groups in total. The Balaban J connectivity index is 1.93. The molecular formula is C14H14BrNO2. The first-order chi connectivity index (χ1) is 8.65. The first-order valence-corrected chi connectivity index (χ1v) is 6.37. The van der Waals surface area contributed by atoms with E-state index in [1.54, 1.807) is 24.3 Å². The number of nitrogens with two attached hydrogens (primary N) is 1. The van der Waals surface area contributed by atoms with Gasteiger partial charge < -0.3 is 15.6 Å². The van der Waals surface area contributed by atoms with Gasteiger partial charge in [-0.2, -0.15) is 0 Å². The summed E-state index contributed by atoms with van der Waals surface area (Å²) in [7, 11) is 0. The summed E-state index contributed by atoms with van der Waals surface area (Å²) in [5.41, 5.74) is 7.06. The minimum absolute atomic E-state index is 0.174. The summed E-state index contributed by atoms with van der Waals surface area (Å²) in [5.74, 6) is 0.917. The smallest absolute Gasteiger partial charge is 0.119 e. The van der Waals surface area contributed by atoms with Crippen molar-refractivity contribution < 1.29 is 9.84 Å². The Hall–Kier alpha value is -1.52. The van der Waals surface area contributed by atoms with Gasteiger partial charge in [0.05, 0.1) is 6.04 Å². The zero-order valence-corrected chi connectivity index (χ0v) is 11.3. The van der Waals surface area contributed by atoms with E-state index in [9.17, 15) is 0 Å². The minimum atomic E-state index is -0.174. The SMILES string of the molecule is NC(COc1ccc(O)cc1)c1ccc(Br)cc1. The molecule has 0 saturated carbocycles. The maximum atomic E-state index is 9.15. The van der Waals surface area contributed by atoms with E-state index in [0.29, 0.717) is 12.4 Å². The Morgan fingerprint density at radius 2 is 1.67 bits per heavy atom. The molecule has 0 amide bonds. The molecular weight excluding hydrogens is 294 g/mol. The fourth-order valence-corrected chi connectivity index (χ4v) is 1.80. The van der Waals surface area contributed by atoms with E-state index in [2.05, 4.69) is 15.9 Å². The summed E-state index contributed by atoms with van der Waals surface area (Å²) in [6, 6.07) is 14.3.